The van der Waals surface area contributed by atoms with Gasteiger partial charge in [-0.25, -0.2) is 0 Å². The average molecular weight is 227 g/mol. The maximum atomic E-state index is 3.55. The van der Waals surface area contributed by atoms with Gasteiger partial charge in [0.1, 0.15) is 0 Å². The van der Waals surface area contributed by atoms with Crippen LogP contribution in [0.15, 0.2) is 16.6 Å². The lowest BCUT2D eigenvalue weighted by atomic mass is 9.93. The minimum atomic E-state index is 0.613. The molecule has 1 rings (SSSR count). The number of hydrogen-bond donors (Lipinski definition) is 0. The molecule has 0 heterocycles. The Morgan fingerprint density at radius 1 is 1.17 bits per heavy atom. The molecule has 66 valence electrons. The van der Waals surface area contributed by atoms with Crippen molar-refractivity contribution in [3.63, 3.8) is 0 Å². The van der Waals surface area contributed by atoms with Gasteiger partial charge in [-0.3, -0.25) is 0 Å². The molecule has 0 bridgehead atoms. The minimum Gasteiger partial charge on any atom is -0.0587 e. The van der Waals surface area contributed by atoms with Crippen LogP contribution in [0.2, 0.25) is 0 Å². The maximum absolute atomic E-state index is 3.55. The van der Waals surface area contributed by atoms with E-state index in [1.165, 1.54) is 21.2 Å². The average Bonchev–Trinajstić information content (AvgIpc) is 1.97. The van der Waals surface area contributed by atoms with Crippen molar-refractivity contribution in [3.05, 3.63) is 33.3 Å². The second-order valence-corrected chi connectivity index (χ2v) is 4.41. The first-order valence-electron chi connectivity index (χ1n) is 4.29. The highest BCUT2D eigenvalue weighted by Crippen LogP contribution is 2.28. The highest BCUT2D eigenvalue weighted by Gasteiger charge is 2.08. The van der Waals surface area contributed by atoms with Crippen molar-refractivity contribution in [2.24, 2.45) is 0 Å². The van der Waals surface area contributed by atoms with Crippen LogP contribution in [0.3, 0.4) is 0 Å². The molecule has 0 N–H and O–H groups in total. The van der Waals surface area contributed by atoms with Crippen LogP contribution in [-0.2, 0) is 0 Å². The van der Waals surface area contributed by atoms with Gasteiger partial charge in [-0.05, 0) is 42.5 Å². The molecule has 0 unspecified atom stereocenters. The lowest BCUT2D eigenvalue weighted by Gasteiger charge is -2.14. The summed E-state index contributed by atoms with van der Waals surface area (Å²) in [6, 6.07) is 4.29. The van der Waals surface area contributed by atoms with Gasteiger partial charge in [-0.1, -0.05) is 35.8 Å². The Balaban J connectivity index is 3.33. The van der Waals surface area contributed by atoms with Crippen LogP contribution in [0.4, 0.5) is 0 Å². The normalized spacial score (nSPS) is 10.8. The third kappa shape index (κ3) is 1.71. The van der Waals surface area contributed by atoms with E-state index in [2.05, 4.69) is 55.8 Å². The maximum Gasteiger partial charge on any atom is 0.0207 e. The largest absolute Gasteiger partial charge is 0.0587 e. The molecule has 0 saturated heterocycles. The molecule has 0 fully saturated rings. The molecule has 12 heavy (non-hydrogen) atoms. The van der Waals surface area contributed by atoms with E-state index in [-0.39, 0.29) is 0 Å². The van der Waals surface area contributed by atoms with E-state index in [1.54, 1.807) is 0 Å². The molecule has 1 aromatic rings. The summed E-state index contributed by atoms with van der Waals surface area (Å²) in [4.78, 5) is 0. The van der Waals surface area contributed by atoms with Gasteiger partial charge >= 0.3 is 0 Å². The van der Waals surface area contributed by atoms with E-state index in [1.807, 2.05) is 0 Å². The summed E-state index contributed by atoms with van der Waals surface area (Å²) in [6.07, 6.45) is 0. The van der Waals surface area contributed by atoms with Gasteiger partial charge in [0.25, 0.3) is 0 Å². The highest BCUT2D eigenvalue weighted by atomic mass is 79.9. The molecule has 1 aromatic carbocycles. The SMILES string of the molecule is Cc1ccc(Br)c(C)c1C(C)C. The molecule has 0 saturated carbocycles. The molecule has 0 amide bonds. The lowest BCUT2D eigenvalue weighted by Crippen LogP contribution is -1.96. The van der Waals surface area contributed by atoms with Crippen molar-refractivity contribution >= 4 is 15.9 Å². The third-order valence-corrected chi connectivity index (χ3v) is 3.10. The van der Waals surface area contributed by atoms with Crippen molar-refractivity contribution < 1.29 is 0 Å². The second-order valence-electron chi connectivity index (χ2n) is 3.56. The molecular formula is C11H15Br. The summed E-state index contributed by atoms with van der Waals surface area (Å²) in [6.45, 7) is 8.82. The zero-order valence-electron chi connectivity index (χ0n) is 8.11. The van der Waals surface area contributed by atoms with Crippen LogP contribution in [0.25, 0.3) is 0 Å². The van der Waals surface area contributed by atoms with E-state index in [9.17, 15) is 0 Å². The topological polar surface area (TPSA) is 0 Å². The Hall–Kier alpha value is -0.300. The van der Waals surface area contributed by atoms with E-state index in [0.29, 0.717) is 5.92 Å². The van der Waals surface area contributed by atoms with Crippen LogP contribution in [0.5, 0.6) is 0 Å². The van der Waals surface area contributed by atoms with Crippen LogP contribution < -0.4 is 0 Å². The quantitative estimate of drug-likeness (QED) is 0.674. The number of hydrogen-bond acceptors (Lipinski definition) is 0. The first-order valence-corrected chi connectivity index (χ1v) is 5.09. The fourth-order valence-electron chi connectivity index (χ4n) is 1.73. The monoisotopic (exact) mass is 226 g/mol. The van der Waals surface area contributed by atoms with Crippen LogP contribution in [0.1, 0.15) is 36.5 Å². The van der Waals surface area contributed by atoms with Gasteiger partial charge in [-0.15, -0.1) is 0 Å². The van der Waals surface area contributed by atoms with Crippen LogP contribution >= 0.6 is 15.9 Å². The van der Waals surface area contributed by atoms with Gasteiger partial charge in [-0.2, -0.15) is 0 Å². The molecule has 0 spiro atoms. The summed E-state index contributed by atoms with van der Waals surface area (Å²) in [5, 5.41) is 0. The molecule has 0 nitrogen and oxygen atoms in total. The molecule has 0 aliphatic rings. The van der Waals surface area contributed by atoms with Crippen molar-refractivity contribution in [1.29, 1.82) is 0 Å². The van der Waals surface area contributed by atoms with Crippen molar-refractivity contribution in [2.75, 3.05) is 0 Å². The molecule has 0 radical (unpaired) electrons. The molecule has 1 heteroatoms. The molecule has 0 aliphatic heterocycles. The summed E-state index contributed by atoms with van der Waals surface area (Å²) in [5.41, 5.74) is 4.25. The van der Waals surface area contributed by atoms with E-state index in [0.717, 1.165) is 0 Å². The molecular weight excluding hydrogens is 212 g/mol. The van der Waals surface area contributed by atoms with Crippen LogP contribution in [-0.4, -0.2) is 0 Å². The predicted octanol–water partition coefficient (Wildman–Crippen LogP) is 4.19. The Kier molecular flexibility index (Phi) is 2.94. The Bertz CT molecular complexity index is 287. The predicted molar refractivity (Wildman–Crippen MR) is 57.7 cm³/mol. The molecule has 0 aliphatic carbocycles. The number of benzene rings is 1. The zero-order valence-corrected chi connectivity index (χ0v) is 9.70. The Labute approximate surface area is 83.1 Å². The first kappa shape index (κ1) is 9.79. The standard InChI is InChI=1S/C11H15Br/c1-7(2)11-8(3)5-6-10(12)9(11)4/h5-7H,1-4H3. The fraction of sp³-hybridized carbons (Fsp3) is 0.455. The van der Waals surface area contributed by atoms with Gasteiger partial charge in [0.15, 0.2) is 0 Å². The fourth-order valence-corrected chi connectivity index (χ4v) is 2.07. The summed E-state index contributed by atoms with van der Waals surface area (Å²) in [5.74, 6) is 0.613. The second kappa shape index (κ2) is 3.61. The number of rotatable bonds is 1. The van der Waals surface area contributed by atoms with Gasteiger partial charge in [0, 0.05) is 4.47 Å². The first-order chi connectivity index (χ1) is 5.54. The minimum absolute atomic E-state index is 0.613. The molecule has 0 aromatic heterocycles. The van der Waals surface area contributed by atoms with Crippen molar-refractivity contribution in [2.45, 2.75) is 33.6 Å². The van der Waals surface area contributed by atoms with Gasteiger partial charge in [0.05, 0.1) is 0 Å². The van der Waals surface area contributed by atoms with E-state index < -0.39 is 0 Å². The van der Waals surface area contributed by atoms with Crippen LogP contribution in [0, 0.1) is 13.8 Å². The zero-order chi connectivity index (χ0) is 9.30. The van der Waals surface area contributed by atoms with Crippen molar-refractivity contribution in [1.82, 2.24) is 0 Å². The Morgan fingerprint density at radius 2 is 1.75 bits per heavy atom. The smallest absolute Gasteiger partial charge is 0.0207 e. The van der Waals surface area contributed by atoms with E-state index in [4.69, 9.17) is 0 Å². The Morgan fingerprint density at radius 3 is 2.17 bits per heavy atom. The van der Waals surface area contributed by atoms with Gasteiger partial charge in [0.2, 0.25) is 0 Å². The summed E-state index contributed by atoms with van der Waals surface area (Å²) < 4.78 is 1.22. The third-order valence-electron chi connectivity index (χ3n) is 2.24. The summed E-state index contributed by atoms with van der Waals surface area (Å²) in [7, 11) is 0. The number of halogens is 1. The lowest BCUT2D eigenvalue weighted by molar-refractivity contribution is 0.844. The van der Waals surface area contributed by atoms with E-state index >= 15 is 0 Å². The van der Waals surface area contributed by atoms with Crippen molar-refractivity contribution in [3.8, 4) is 0 Å². The highest BCUT2D eigenvalue weighted by molar-refractivity contribution is 9.10. The number of aryl methyl sites for hydroxylation is 1. The van der Waals surface area contributed by atoms with Gasteiger partial charge < -0.3 is 0 Å². The molecule has 0 atom stereocenters. The summed E-state index contributed by atoms with van der Waals surface area (Å²) >= 11 is 3.55.